The third kappa shape index (κ3) is 4.72. The topological polar surface area (TPSA) is 59.1 Å². The van der Waals surface area contributed by atoms with E-state index in [0.29, 0.717) is 45.1 Å². The van der Waals surface area contributed by atoms with Gasteiger partial charge in [0.05, 0.1) is 19.1 Å². The van der Waals surface area contributed by atoms with Crippen LogP contribution in [0, 0.1) is 12.8 Å². The van der Waals surface area contributed by atoms with E-state index in [1.54, 1.807) is 4.90 Å². The molecule has 1 aromatic carbocycles. The molecule has 2 fully saturated rings. The maximum Gasteiger partial charge on any atom is 0.260 e. The molecule has 0 saturated carbocycles. The van der Waals surface area contributed by atoms with Gasteiger partial charge in [-0.1, -0.05) is 17.7 Å². The fraction of sp³-hybridized carbons (Fsp3) is 0.579. The normalized spacial score (nSPS) is 21.1. The third-order valence-electron chi connectivity index (χ3n) is 4.83. The van der Waals surface area contributed by atoms with Crippen molar-refractivity contribution in [3.8, 4) is 5.75 Å². The van der Waals surface area contributed by atoms with Crippen molar-refractivity contribution < 1.29 is 19.1 Å². The van der Waals surface area contributed by atoms with Gasteiger partial charge in [-0.3, -0.25) is 9.59 Å². The van der Waals surface area contributed by atoms with Gasteiger partial charge in [0.2, 0.25) is 5.91 Å². The van der Waals surface area contributed by atoms with Gasteiger partial charge in [0.25, 0.3) is 5.91 Å². The van der Waals surface area contributed by atoms with Crippen LogP contribution in [0.5, 0.6) is 5.75 Å². The maximum absolute atomic E-state index is 12.6. The Balaban J connectivity index is 1.50. The number of nitrogens with zero attached hydrogens (tertiary/aromatic N) is 2. The number of carbonyl (C=O) groups is 2. The Hall–Kier alpha value is -2.08. The molecule has 2 heterocycles. The summed E-state index contributed by atoms with van der Waals surface area (Å²) in [6.45, 7) is 5.72. The quantitative estimate of drug-likeness (QED) is 0.828. The molecular weight excluding hydrogens is 320 g/mol. The monoisotopic (exact) mass is 346 g/mol. The molecule has 6 heteroatoms. The van der Waals surface area contributed by atoms with Crippen molar-refractivity contribution in [2.75, 3.05) is 46.0 Å². The number of ether oxygens (including phenoxy) is 2. The molecule has 2 aliphatic rings. The minimum absolute atomic E-state index is 0.0154. The highest BCUT2D eigenvalue weighted by molar-refractivity contribution is 5.82. The molecule has 2 saturated heterocycles. The first-order valence-electron chi connectivity index (χ1n) is 8.97. The highest BCUT2D eigenvalue weighted by atomic mass is 16.5. The lowest BCUT2D eigenvalue weighted by Crippen LogP contribution is -2.50. The van der Waals surface area contributed by atoms with E-state index in [1.807, 2.05) is 36.1 Å². The van der Waals surface area contributed by atoms with Gasteiger partial charge in [0.15, 0.2) is 6.61 Å². The number of benzene rings is 1. The van der Waals surface area contributed by atoms with Crippen LogP contribution in [0.1, 0.15) is 18.4 Å². The first-order chi connectivity index (χ1) is 12.1. The number of piperidine rings is 1. The number of rotatable bonds is 4. The lowest BCUT2D eigenvalue weighted by molar-refractivity contribution is -0.144. The van der Waals surface area contributed by atoms with Crippen LogP contribution in [0.25, 0.3) is 0 Å². The Labute approximate surface area is 148 Å². The standard InChI is InChI=1S/C19H26N2O4/c1-15-4-6-17(7-5-15)25-14-18(22)21-8-2-3-16(13-21)19(23)20-9-11-24-12-10-20/h4-7,16H,2-3,8-14H2,1H3. The van der Waals surface area contributed by atoms with Crippen molar-refractivity contribution in [2.45, 2.75) is 19.8 Å². The van der Waals surface area contributed by atoms with Crippen molar-refractivity contribution >= 4 is 11.8 Å². The number of hydrogen-bond acceptors (Lipinski definition) is 4. The smallest absolute Gasteiger partial charge is 0.260 e. The summed E-state index contributed by atoms with van der Waals surface area (Å²) in [5, 5.41) is 0. The minimum atomic E-state index is -0.102. The summed E-state index contributed by atoms with van der Waals surface area (Å²) in [4.78, 5) is 28.7. The van der Waals surface area contributed by atoms with E-state index in [-0.39, 0.29) is 24.3 Å². The molecule has 2 amide bonds. The SMILES string of the molecule is Cc1ccc(OCC(=O)N2CCCC(C(=O)N3CCOCC3)C2)cc1. The molecule has 1 atom stereocenters. The van der Waals surface area contributed by atoms with Crippen molar-refractivity contribution in [2.24, 2.45) is 5.92 Å². The highest BCUT2D eigenvalue weighted by Crippen LogP contribution is 2.20. The molecule has 25 heavy (non-hydrogen) atoms. The Kier molecular flexibility index (Phi) is 5.91. The maximum atomic E-state index is 12.6. The number of likely N-dealkylation sites (tertiary alicyclic amines) is 1. The molecular formula is C19H26N2O4. The molecule has 1 aromatic rings. The van der Waals surface area contributed by atoms with Gasteiger partial charge in [0, 0.05) is 26.2 Å². The first kappa shape index (κ1) is 17.7. The van der Waals surface area contributed by atoms with Crippen LogP contribution in [-0.4, -0.2) is 67.6 Å². The molecule has 1 unspecified atom stereocenters. The van der Waals surface area contributed by atoms with E-state index in [0.717, 1.165) is 18.4 Å². The number of amides is 2. The van der Waals surface area contributed by atoms with Gasteiger partial charge in [-0.2, -0.15) is 0 Å². The predicted octanol–water partition coefficient (Wildman–Crippen LogP) is 1.47. The fourth-order valence-electron chi connectivity index (χ4n) is 3.32. The lowest BCUT2D eigenvalue weighted by atomic mass is 9.96. The molecule has 0 radical (unpaired) electrons. The van der Waals surface area contributed by atoms with Gasteiger partial charge in [-0.05, 0) is 31.9 Å². The van der Waals surface area contributed by atoms with Crippen LogP contribution < -0.4 is 4.74 Å². The van der Waals surface area contributed by atoms with E-state index in [2.05, 4.69) is 0 Å². The number of hydrogen-bond donors (Lipinski definition) is 0. The first-order valence-corrected chi connectivity index (χ1v) is 8.97. The average molecular weight is 346 g/mol. The van der Waals surface area contributed by atoms with Gasteiger partial charge in [0.1, 0.15) is 5.75 Å². The lowest BCUT2D eigenvalue weighted by Gasteiger charge is -2.36. The largest absolute Gasteiger partial charge is 0.484 e. The van der Waals surface area contributed by atoms with Crippen molar-refractivity contribution in [1.29, 1.82) is 0 Å². The number of morpholine rings is 1. The van der Waals surface area contributed by atoms with Crippen molar-refractivity contribution in [3.05, 3.63) is 29.8 Å². The number of aryl methyl sites for hydroxylation is 1. The molecule has 136 valence electrons. The number of carbonyl (C=O) groups excluding carboxylic acids is 2. The van der Waals surface area contributed by atoms with E-state index < -0.39 is 0 Å². The Bertz CT molecular complexity index is 596. The van der Waals surface area contributed by atoms with Gasteiger partial charge < -0.3 is 19.3 Å². The van der Waals surface area contributed by atoms with Crippen LogP contribution in [-0.2, 0) is 14.3 Å². The van der Waals surface area contributed by atoms with E-state index in [1.165, 1.54) is 0 Å². The second-order valence-corrected chi connectivity index (χ2v) is 6.72. The fourth-order valence-corrected chi connectivity index (χ4v) is 3.32. The van der Waals surface area contributed by atoms with Crippen LogP contribution >= 0.6 is 0 Å². The molecule has 0 spiro atoms. The van der Waals surface area contributed by atoms with E-state index >= 15 is 0 Å². The van der Waals surface area contributed by atoms with Crippen molar-refractivity contribution in [3.63, 3.8) is 0 Å². The second-order valence-electron chi connectivity index (χ2n) is 6.72. The van der Waals surface area contributed by atoms with E-state index in [4.69, 9.17) is 9.47 Å². The summed E-state index contributed by atoms with van der Waals surface area (Å²) in [6, 6.07) is 7.64. The molecule has 3 rings (SSSR count). The predicted molar refractivity (Wildman–Crippen MR) is 93.4 cm³/mol. The highest BCUT2D eigenvalue weighted by Gasteiger charge is 2.31. The molecule has 0 N–H and O–H groups in total. The molecule has 2 aliphatic heterocycles. The van der Waals surface area contributed by atoms with Crippen LogP contribution in [0.4, 0.5) is 0 Å². The zero-order valence-electron chi connectivity index (χ0n) is 14.8. The summed E-state index contributed by atoms with van der Waals surface area (Å²) in [5.41, 5.74) is 1.15. The Morgan fingerprint density at radius 2 is 1.84 bits per heavy atom. The van der Waals surface area contributed by atoms with Crippen LogP contribution in [0.15, 0.2) is 24.3 Å². The average Bonchev–Trinajstić information content (AvgIpc) is 2.67. The summed E-state index contributed by atoms with van der Waals surface area (Å²) in [6.07, 6.45) is 1.70. The van der Waals surface area contributed by atoms with Gasteiger partial charge in [-0.25, -0.2) is 0 Å². The summed E-state index contributed by atoms with van der Waals surface area (Å²) in [5.74, 6) is 0.687. The molecule has 0 aromatic heterocycles. The molecule has 0 aliphatic carbocycles. The Morgan fingerprint density at radius 3 is 2.56 bits per heavy atom. The van der Waals surface area contributed by atoms with Crippen molar-refractivity contribution in [1.82, 2.24) is 9.80 Å². The summed E-state index contributed by atoms with van der Waals surface area (Å²) >= 11 is 0. The summed E-state index contributed by atoms with van der Waals surface area (Å²) < 4.78 is 10.9. The zero-order chi connectivity index (χ0) is 17.6. The van der Waals surface area contributed by atoms with Gasteiger partial charge >= 0.3 is 0 Å². The second kappa shape index (κ2) is 8.34. The van der Waals surface area contributed by atoms with Crippen LogP contribution in [0.3, 0.4) is 0 Å². The Morgan fingerprint density at radius 1 is 1.12 bits per heavy atom. The zero-order valence-corrected chi connectivity index (χ0v) is 14.8. The van der Waals surface area contributed by atoms with E-state index in [9.17, 15) is 9.59 Å². The molecule has 0 bridgehead atoms. The van der Waals surface area contributed by atoms with Crippen LogP contribution in [0.2, 0.25) is 0 Å². The third-order valence-corrected chi connectivity index (χ3v) is 4.83. The summed E-state index contributed by atoms with van der Waals surface area (Å²) in [7, 11) is 0. The minimum Gasteiger partial charge on any atom is -0.484 e. The molecule has 6 nitrogen and oxygen atoms in total. The van der Waals surface area contributed by atoms with Gasteiger partial charge in [-0.15, -0.1) is 0 Å².